The molecular formula is C18H24N4O. The van der Waals surface area contributed by atoms with Crippen LogP contribution >= 0.6 is 0 Å². The molecule has 1 atom stereocenters. The van der Waals surface area contributed by atoms with Crippen LogP contribution in [0.25, 0.3) is 0 Å². The van der Waals surface area contributed by atoms with Gasteiger partial charge in [-0.15, -0.1) is 0 Å². The van der Waals surface area contributed by atoms with Gasteiger partial charge < -0.3 is 4.74 Å². The molecule has 0 spiro atoms. The van der Waals surface area contributed by atoms with Crippen LogP contribution in [0.4, 0.5) is 0 Å². The molecule has 4 rings (SSSR count). The molecule has 5 nitrogen and oxygen atoms in total. The van der Waals surface area contributed by atoms with Gasteiger partial charge in [0.25, 0.3) is 0 Å². The molecule has 1 fully saturated rings. The summed E-state index contributed by atoms with van der Waals surface area (Å²) in [4.78, 5) is 6.91. The summed E-state index contributed by atoms with van der Waals surface area (Å²) < 4.78 is 8.02. The monoisotopic (exact) mass is 312 g/mol. The maximum Gasteiger partial charge on any atom is 0.0562 e. The Balaban J connectivity index is 1.46. The van der Waals surface area contributed by atoms with Crippen LogP contribution in [0.15, 0.2) is 30.6 Å². The van der Waals surface area contributed by atoms with Crippen LogP contribution < -0.4 is 0 Å². The lowest BCUT2D eigenvalue weighted by Crippen LogP contribution is -2.36. The average molecular weight is 312 g/mol. The van der Waals surface area contributed by atoms with Crippen LogP contribution in [-0.2, 0) is 24.9 Å². The quantitative estimate of drug-likeness (QED) is 0.821. The van der Waals surface area contributed by atoms with Crippen LogP contribution in [0.1, 0.15) is 35.7 Å². The zero-order valence-electron chi connectivity index (χ0n) is 13.7. The van der Waals surface area contributed by atoms with Crippen molar-refractivity contribution in [1.82, 2.24) is 19.7 Å². The van der Waals surface area contributed by atoms with E-state index in [0.717, 1.165) is 44.5 Å². The molecule has 2 aliphatic rings. The van der Waals surface area contributed by atoms with Crippen LogP contribution in [0.2, 0.25) is 0 Å². The van der Waals surface area contributed by atoms with Gasteiger partial charge in [0.2, 0.25) is 0 Å². The Morgan fingerprint density at radius 2 is 2.17 bits per heavy atom. The van der Waals surface area contributed by atoms with E-state index in [2.05, 4.69) is 27.1 Å². The third-order valence-electron chi connectivity index (χ3n) is 4.80. The Kier molecular flexibility index (Phi) is 4.14. The van der Waals surface area contributed by atoms with Crippen LogP contribution in [0.5, 0.6) is 0 Å². The number of hydrogen-bond donors (Lipinski definition) is 0. The summed E-state index contributed by atoms with van der Waals surface area (Å²) in [5.41, 5.74) is 3.80. The number of ether oxygens (including phenoxy) is 1. The van der Waals surface area contributed by atoms with Gasteiger partial charge in [-0.1, -0.05) is 6.07 Å². The molecule has 0 radical (unpaired) electrons. The molecule has 2 aromatic heterocycles. The fraction of sp³-hybridized carbons (Fsp3) is 0.556. The summed E-state index contributed by atoms with van der Waals surface area (Å²) >= 11 is 0. The van der Waals surface area contributed by atoms with Crippen molar-refractivity contribution in [3.63, 3.8) is 0 Å². The van der Waals surface area contributed by atoms with E-state index >= 15 is 0 Å². The highest BCUT2D eigenvalue weighted by Crippen LogP contribution is 2.31. The van der Waals surface area contributed by atoms with Gasteiger partial charge in [0.1, 0.15) is 0 Å². The minimum absolute atomic E-state index is 0.397. The first-order valence-corrected chi connectivity index (χ1v) is 8.50. The lowest BCUT2D eigenvalue weighted by Gasteiger charge is -2.32. The number of aryl methyl sites for hydroxylation is 1. The highest BCUT2D eigenvalue weighted by molar-refractivity contribution is 5.25. The van der Waals surface area contributed by atoms with E-state index in [9.17, 15) is 0 Å². The summed E-state index contributed by atoms with van der Waals surface area (Å²) in [6, 6.07) is 6.11. The van der Waals surface area contributed by atoms with Gasteiger partial charge >= 0.3 is 0 Å². The predicted octanol–water partition coefficient (Wildman–Crippen LogP) is 2.34. The van der Waals surface area contributed by atoms with Gasteiger partial charge in [-0.2, -0.15) is 5.10 Å². The summed E-state index contributed by atoms with van der Waals surface area (Å²) in [5.74, 6) is 1.21. The Morgan fingerprint density at radius 3 is 2.96 bits per heavy atom. The first kappa shape index (κ1) is 14.8. The maximum absolute atomic E-state index is 5.99. The third kappa shape index (κ3) is 3.46. The highest BCUT2D eigenvalue weighted by Gasteiger charge is 2.30. The van der Waals surface area contributed by atoms with Gasteiger partial charge in [0.05, 0.1) is 18.5 Å². The Hall–Kier alpha value is -1.72. The fourth-order valence-corrected chi connectivity index (χ4v) is 3.48. The largest absolute Gasteiger partial charge is 0.380 e. The number of hydrogen-bond acceptors (Lipinski definition) is 4. The molecule has 23 heavy (non-hydrogen) atoms. The van der Waals surface area contributed by atoms with Crippen molar-refractivity contribution < 1.29 is 4.74 Å². The van der Waals surface area contributed by atoms with Crippen molar-refractivity contribution in [2.24, 2.45) is 13.0 Å². The van der Waals surface area contributed by atoms with Gasteiger partial charge in [0, 0.05) is 56.7 Å². The van der Waals surface area contributed by atoms with Gasteiger partial charge in [-0.3, -0.25) is 14.6 Å². The average Bonchev–Trinajstić information content (AvgIpc) is 3.31. The molecule has 0 aromatic carbocycles. The molecule has 1 aliphatic carbocycles. The molecule has 0 N–H and O–H groups in total. The molecule has 3 heterocycles. The standard InChI is InChI=1S/C18H24N4O/c1-21-18-15(8-20-21)9-22(11-17-4-2-3-7-19-17)10-16(18)13-23-12-14-5-6-14/h2-4,7-8,14,16H,5-6,9-13H2,1H3/t16-/m1/s1. The molecule has 0 amide bonds. The number of nitrogens with zero attached hydrogens (tertiary/aromatic N) is 4. The summed E-state index contributed by atoms with van der Waals surface area (Å²) in [5, 5.41) is 4.46. The Morgan fingerprint density at radius 1 is 1.26 bits per heavy atom. The fourth-order valence-electron chi connectivity index (χ4n) is 3.48. The molecule has 2 aromatic rings. The lowest BCUT2D eigenvalue weighted by molar-refractivity contribution is 0.0867. The minimum atomic E-state index is 0.397. The minimum Gasteiger partial charge on any atom is -0.380 e. The van der Waals surface area contributed by atoms with E-state index in [1.165, 1.54) is 24.1 Å². The molecular weight excluding hydrogens is 288 g/mol. The Bertz CT molecular complexity index is 650. The van der Waals surface area contributed by atoms with Crippen LogP contribution in [-0.4, -0.2) is 39.4 Å². The molecule has 1 saturated carbocycles. The molecule has 0 bridgehead atoms. The van der Waals surface area contributed by atoms with E-state index in [1.807, 2.05) is 30.2 Å². The summed E-state index contributed by atoms with van der Waals surface area (Å²) in [7, 11) is 2.04. The molecule has 0 unspecified atom stereocenters. The normalized spacial score (nSPS) is 21.3. The third-order valence-corrected chi connectivity index (χ3v) is 4.80. The van der Waals surface area contributed by atoms with Crippen molar-refractivity contribution in [2.45, 2.75) is 31.8 Å². The van der Waals surface area contributed by atoms with Crippen molar-refractivity contribution in [3.05, 3.63) is 47.5 Å². The molecule has 122 valence electrons. The molecule has 5 heteroatoms. The SMILES string of the molecule is Cn1ncc2c1[C@@H](COCC1CC1)CN(Cc1ccccn1)C2. The topological polar surface area (TPSA) is 43.2 Å². The van der Waals surface area contributed by atoms with E-state index in [1.54, 1.807) is 0 Å². The lowest BCUT2D eigenvalue weighted by atomic mass is 9.96. The Labute approximate surface area is 137 Å². The smallest absolute Gasteiger partial charge is 0.0562 e. The van der Waals surface area contributed by atoms with Crippen LogP contribution in [0, 0.1) is 5.92 Å². The summed E-state index contributed by atoms with van der Waals surface area (Å²) in [6.07, 6.45) is 6.56. The highest BCUT2D eigenvalue weighted by atomic mass is 16.5. The second kappa shape index (κ2) is 6.42. The van der Waals surface area contributed by atoms with Gasteiger partial charge in [0.15, 0.2) is 0 Å². The van der Waals surface area contributed by atoms with Crippen molar-refractivity contribution in [1.29, 1.82) is 0 Å². The number of fused-ring (bicyclic) bond motifs is 1. The zero-order valence-corrected chi connectivity index (χ0v) is 13.7. The van der Waals surface area contributed by atoms with E-state index in [4.69, 9.17) is 4.74 Å². The van der Waals surface area contributed by atoms with Gasteiger partial charge in [-0.25, -0.2) is 0 Å². The summed E-state index contributed by atoms with van der Waals surface area (Å²) in [6.45, 7) is 4.55. The molecule has 0 saturated heterocycles. The number of pyridine rings is 1. The second-order valence-electron chi connectivity index (χ2n) is 6.85. The maximum atomic E-state index is 5.99. The number of aromatic nitrogens is 3. The molecule has 1 aliphatic heterocycles. The number of rotatable bonds is 6. The van der Waals surface area contributed by atoms with Crippen molar-refractivity contribution in [2.75, 3.05) is 19.8 Å². The van der Waals surface area contributed by atoms with Crippen LogP contribution in [0.3, 0.4) is 0 Å². The first-order valence-electron chi connectivity index (χ1n) is 8.50. The van der Waals surface area contributed by atoms with Crippen molar-refractivity contribution >= 4 is 0 Å². The first-order chi connectivity index (χ1) is 11.3. The second-order valence-corrected chi connectivity index (χ2v) is 6.85. The predicted molar refractivity (Wildman–Crippen MR) is 87.8 cm³/mol. The van der Waals surface area contributed by atoms with E-state index in [-0.39, 0.29) is 0 Å². The van der Waals surface area contributed by atoms with Crippen molar-refractivity contribution in [3.8, 4) is 0 Å². The van der Waals surface area contributed by atoms with E-state index < -0.39 is 0 Å². The zero-order chi connectivity index (χ0) is 15.6. The van der Waals surface area contributed by atoms with Gasteiger partial charge in [-0.05, 0) is 30.9 Å². The van der Waals surface area contributed by atoms with E-state index in [0.29, 0.717) is 5.92 Å².